The Morgan fingerprint density at radius 3 is 2.65 bits per heavy atom. The monoisotopic (exact) mass is 694 g/mol. The number of oxazole rings is 2. The maximum atomic E-state index is 14.2. The third-order valence-electron chi connectivity index (χ3n) is 11.5. The summed E-state index contributed by atoms with van der Waals surface area (Å²) in [7, 11) is 0. The van der Waals surface area contributed by atoms with Crippen molar-refractivity contribution in [2.45, 2.75) is 70.7 Å². The molecule has 0 saturated heterocycles. The summed E-state index contributed by atoms with van der Waals surface area (Å²) in [4.78, 5) is 41.1. The van der Waals surface area contributed by atoms with Gasteiger partial charge in [-0.05, 0) is 42.0 Å². The zero-order valence-electron chi connectivity index (χ0n) is 29.3. The standard InChI is InChI=1S/C41H38N6O5/c1-5-21(6-2)36(48)44-28-16-20-13-14-29-26(15-20)41-25-11-7-10-23(33(25)47-40(41)51-29)22-9-8-12-27-31(22)24(17-42-27)30-18-43-38(50-30)34-35(41)52-39(46-34)32(19(3)4)45-37(28)49/h7-15,17-19,21,28,32,40,42,47H,5-6,16H2,1-4H3,(H,44,48)(H,45,49)/t28-,32-,40?,41?/m0/s1. The number of hydrogen-bond acceptors (Lipinski definition) is 8. The van der Waals surface area contributed by atoms with Gasteiger partial charge >= 0.3 is 0 Å². The quantitative estimate of drug-likeness (QED) is 0.148. The number of carbonyl (C=O) groups is 2. The molecule has 4 N–H and O–H groups in total. The van der Waals surface area contributed by atoms with Gasteiger partial charge in [0, 0.05) is 57.4 Å². The fourth-order valence-corrected chi connectivity index (χ4v) is 8.81. The van der Waals surface area contributed by atoms with Crippen LogP contribution < -0.4 is 20.7 Å². The highest BCUT2D eigenvalue weighted by atomic mass is 16.5. The van der Waals surface area contributed by atoms with E-state index in [0.717, 1.165) is 50.0 Å². The Bertz CT molecular complexity index is 2450. The van der Waals surface area contributed by atoms with Crippen LogP contribution in [-0.2, 0) is 21.4 Å². The SMILES string of the molecule is CCC(CC)C(=O)N[C@H]1Cc2ccc3c(c2)C24c5cccc(c5NC2O3)-c2cccc3[nH]cc(c23)-c2cnc(o2)-c2nc(oc24)[C@H](C(C)C)NC1=O. The summed E-state index contributed by atoms with van der Waals surface area (Å²) in [6.07, 6.45) is 4.74. The minimum Gasteiger partial charge on any atom is -0.469 e. The number of anilines is 1. The predicted molar refractivity (Wildman–Crippen MR) is 195 cm³/mol. The Morgan fingerprint density at radius 2 is 1.83 bits per heavy atom. The molecule has 3 aromatic carbocycles. The number of para-hydroxylation sites is 1. The highest BCUT2D eigenvalue weighted by Gasteiger charge is 2.61. The average molecular weight is 695 g/mol. The summed E-state index contributed by atoms with van der Waals surface area (Å²) < 4.78 is 20.5. The van der Waals surface area contributed by atoms with Crippen molar-refractivity contribution in [3.05, 3.63) is 95.3 Å². The molecule has 4 aliphatic heterocycles. The minimum atomic E-state index is -1.01. The molecule has 0 fully saturated rings. The molecule has 11 heteroatoms. The molecule has 52 heavy (non-hydrogen) atoms. The first-order chi connectivity index (χ1) is 25.3. The van der Waals surface area contributed by atoms with Gasteiger partial charge in [-0.3, -0.25) is 9.59 Å². The van der Waals surface area contributed by atoms with Crippen molar-refractivity contribution < 1.29 is 23.2 Å². The van der Waals surface area contributed by atoms with Crippen LogP contribution in [0.2, 0.25) is 0 Å². The predicted octanol–water partition coefficient (Wildman–Crippen LogP) is 7.23. The topological polar surface area (TPSA) is 147 Å². The number of rotatable bonds is 5. The smallest absolute Gasteiger partial charge is 0.249 e. The fraction of sp³-hybridized carbons (Fsp3) is 0.317. The van der Waals surface area contributed by atoms with Crippen LogP contribution in [0.1, 0.15) is 74.9 Å². The number of hydrogen-bond donors (Lipinski definition) is 4. The van der Waals surface area contributed by atoms with E-state index in [4.69, 9.17) is 23.5 Å². The van der Waals surface area contributed by atoms with Crippen molar-refractivity contribution in [1.82, 2.24) is 25.6 Å². The first kappa shape index (κ1) is 30.9. The lowest BCUT2D eigenvalue weighted by Crippen LogP contribution is -2.51. The normalized spacial score (nSPS) is 22.0. The first-order valence-electron chi connectivity index (χ1n) is 18.2. The largest absolute Gasteiger partial charge is 0.469 e. The van der Waals surface area contributed by atoms with E-state index in [2.05, 4.69) is 63.4 Å². The van der Waals surface area contributed by atoms with Gasteiger partial charge in [-0.15, -0.1) is 0 Å². The Hall–Kier alpha value is -5.84. The van der Waals surface area contributed by atoms with Gasteiger partial charge in [-0.25, -0.2) is 9.97 Å². The van der Waals surface area contributed by atoms with Crippen LogP contribution in [0, 0.1) is 11.8 Å². The molecule has 3 aromatic heterocycles. The van der Waals surface area contributed by atoms with Crippen LogP contribution in [0.5, 0.6) is 5.75 Å². The Balaban J connectivity index is 1.28. The molecule has 4 atom stereocenters. The summed E-state index contributed by atoms with van der Waals surface area (Å²) in [5, 5.41) is 11.1. The zero-order chi connectivity index (χ0) is 35.5. The molecule has 10 bridgehead atoms. The second-order valence-electron chi connectivity index (χ2n) is 14.7. The van der Waals surface area contributed by atoms with Gasteiger partial charge in [0.15, 0.2) is 23.4 Å². The maximum Gasteiger partial charge on any atom is 0.249 e. The third-order valence-corrected chi connectivity index (χ3v) is 11.5. The van der Waals surface area contributed by atoms with Gasteiger partial charge in [-0.2, -0.15) is 0 Å². The molecule has 4 aliphatic rings. The Morgan fingerprint density at radius 1 is 1.00 bits per heavy atom. The van der Waals surface area contributed by atoms with E-state index >= 15 is 0 Å². The molecule has 0 radical (unpaired) electrons. The highest BCUT2D eigenvalue weighted by molar-refractivity contribution is 6.07. The summed E-state index contributed by atoms with van der Waals surface area (Å²) in [5.74, 6) is 1.68. The van der Waals surface area contributed by atoms with E-state index in [1.54, 1.807) is 6.20 Å². The lowest BCUT2D eigenvalue weighted by Gasteiger charge is -2.29. The number of aromatic nitrogens is 3. The maximum absolute atomic E-state index is 14.2. The first-order valence-corrected chi connectivity index (χ1v) is 18.2. The number of H-pyrrole nitrogens is 1. The number of nitrogens with zero attached hydrogens (tertiary/aromatic N) is 2. The molecule has 1 spiro atoms. The van der Waals surface area contributed by atoms with Crippen LogP contribution >= 0.6 is 0 Å². The molecular weight excluding hydrogens is 656 g/mol. The lowest BCUT2D eigenvalue weighted by atomic mass is 9.72. The van der Waals surface area contributed by atoms with Crippen LogP contribution in [0.25, 0.3) is 44.9 Å². The molecule has 10 rings (SSSR count). The molecule has 0 saturated carbocycles. The number of fused-ring (bicyclic) bond motifs is 7. The van der Waals surface area contributed by atoms with Gasteiger partial charge in [0.25, 0.3) is 0 Å². The van der Waals surface area contributed by atoms with E-state index in [1.807, 2.05) is 46.0 Å². The molecule has 0 aliphatic carbocycles. The van der Waals surface area contributed by atoms with Crippen LogP contribution in [-0.4, -0.2) is 39.0 Å². The van der Waals surface area contributed by atoms with Gasteiger partial charge in [0.2, 0.25) is 23.6 Å². The van der Waals surface area contributed by atoms with Crippen molar-refractivity contribution >= 4 is 28.4 Å². The summed E-state index contributed by atoms with van der Waals surface area (Å²) in [6.45, 7) is 8.01. The number of aromatic amines is 1. The summed E-state index contributed by atoms with van der Waals surface area (Å²) in [5.41, 5.74) is 6.98. The fourth-order valence-electron chi connectivity index (χ4n) is 8.81. The Labute approximate surface area is 299 Å². The van der Waals surface area contributed by atoms with Crippen LogP contribution in [0.4, 0.5) is 5.69 Å². The second kappa shape index (κ2) is 11.1. The highest BCUT2D eigenvalue weighted by Crippen LogP contribution is 2.61. The second-order valence-corrected chi connectivity index (χ2v) is 14.7. The minimum absolute atomic E-state index is 0.117. The van der Waals surface area contributed by atoms with Gasteiger partial charge in [0.05, 0.1) is 6.20 Å². The molecule has 2 unspecified atom stereocenters. The van der Waals surface area contributed by atoms with Crippen molar-refractivity contribution in [3.8, 4) is 39.8 Å². The van der Waals surface area contributed by atoms with Crippen molar-refractivity contribution in [2.75, 3.05) is 5.32 Å². The molecular formula is C41H38N6O5. The van der Waals surface area contributed by atoms with Crippen LogP contribution in [0.15, 0.2) is 75.8 Å². The number of ether oxygens (including phenoxy) is 1. The zero-order valence-corrected chi connectivity index (χ0v) is 29.3. The summed E-state index contributed by atoms with van der Waals surface area (Å²) >= 11 is 0. The van der Waals surface area contributed by atoms with E-state index in [0.29, 0.717) is 47.6 Å². The van der Waals surface area contributed by atoms with E-state index in [9.17, 15) is 9.59 Å². The summed E-state index contributed by atoms with van der Waals surface area (Å²) in [6, 6.07) is 17.1. The van der Waals surface area contributed by atoms with Crippen molar-refractivity contribution in [2.24, 2.45) is 11.8 Å². The van der Waals surface area contributed by atoms with Gasteiger partial charge in [-0.1, -0.05) is 70.2 Å². The van der Waals surface area contributed by atoms with E-state index in [-0.39, 0.29) is 30.1 Å². The van der Waals surface area contributed by atoms with Crippen molar-refractivity contribution in [3.63, 3.8) is 0 Å². The third kappa shape index (κ3) is 4.13. The average Bonchev–Trinajstić information content (AvgIpc) is 3.96. The molecule has 7 heterocycles. The van der Waals surface area contributed by atoms with Gasteiger partial charge < -0.3 is 34.5 Å². The van der Waals surface area contributed by atoms with Crippen LogP contribution in [0.3, 0.4) is 0 Å². The number of carbonyl (C=O) groups excluding carboxylic acids is 2. The number of nitrogens with one attached hydrogen (secondary N) is 4. The molecule has 2 amide bonds. The van der Waals surface area contributed by atoms with E-state index < -0.39 is 23.7 Å². The molecule has 6 aromatic rings. The van der Waals surface area contributed by atoms with E-state index in [1.165, 1.54) is 0 Å². The Kier molecular flexibility index (Phi) is 6.59. The number of amides is 2. The lowest BCUT2D eigenvalue weighted by molar-refractivity contribution is -0.131. The van der Waals surface area contributed by atoms with Crippen molar-refractivity contribution in [1.29, 1.82) is 0 Å². The molecule has 262 valence electrons. The van der Waals surface area contributed by atoms with Gasteiger partial charge in [0.1, 0.15) is 23.2 Å². The molecule has 11 nitrogen and oxygen atoms in total. The number of benzene rings is 3.